The van der Waals surface area contributed by atoms with Crippen LogP contribution in [0, 0.1) is 11.2 Å². The van der Waals surface area contributed by atoms with Gasteiger partial charge in [0.1, 0.15) is 5.82 Å². The van der Waals surface area contributed by atoms with Crippen molar-refractivity contribution in [2.24, 2.45) is 5.41 Å². The summed E-state index contributed by atoms with van der Waals surface area (Å²) in [4.78, 5) is 3.46. The summed E-state index contributed by atoms with van der Waals surface area (Å²) in [6.45, 7) is 10.6. The first-order valence-corrected chi connectivity index (χ1v) is 11.5. The quantitative estimate of drug-likeness (QED) is 0.446. The second kappa shape index (κ2) is 8.94. The van der Waals surface area contributed by atoms with Gasteiger partial charge in [-0.15, -0.1) is 0 Å². The van der Waals surface area contributed by atoms with Crippen molar-refractivity contribution >= 4 is 21.9 Å². The molecule has 0 saturated carbocycles. The molecular weight excluding hydrogens is 442 g/mol. The number of rotatable bonds is 6. The van der Waals surface area contributed by atoms with Crippen LogP contribution in [0.1, 0.15) is 45.9 Å². The van der Waals surface area contributed by atoms with E-state index in [2.05, 4.69) is 9.71 Å². The molecule has 4 nitrogen and oxygen atoms in total. The molecule has 0 radical (unpaired) electrons. The summed E-state index contributed by atoms with van der Waals surface area (Å²) in [5, 5.41) is 0.480. The second-order valence-corrected chi connectivity index (χ2v) is 11.1. The number of benzene rings is 1. The molecule has 1 N–H and O–H groups in total. The van der Waals surface area contributed by atoms with E-state index < -0.39 is 28.7 Å². The lowest BCUT2D eigenvalue weighted by atomic mass is 9.96. The fraction of sp³-hybridized carbons (Fsp3) is 0.435. The summed E-state index contributed by atoms with van der Waals surface area (Å²) in [6.07, 6.45) is -1.82. The molecule has 3 aromatic rings. The first-order valence-electron chi connectivity index (χ1n) is 10.3. The smallest absolute Gasteiger partial charge is 0.347 e. The summed E-state index contributed by atoms with van der Waals surface area (Å²) < 4.78 is 72.6. The molecule has 174 valence electrons. The van der Waals surface area contributed by atoms with Crippen LogP contribution >= 0.6 is 0 Å². The van der Waals surface area contributed by atoms with Gasteiger partial charge in [-0.2, -0.15) is 13.2 Å². The molecule has 1 unspecified atom stereocenters. The lowest BCUT2D eigenvalue weighted by molar-refractivity contribution is -0.140. The molecule has 0 spiro atoms. The lowest BCUT2D eigenvalue weighted by Gasteiger charge is -2.20. The Kier molecular flexibility index (Phi) is 6.81. The minimum Gasteiger partial charge on any atom is -0.347 e. The Labute approximate surface area is 187 Å². The first kappa shape index (κ1) is 24.4. The number of hydrogen-bond acceptors (Lipinski definition) is 2. The van der Waals surface area contributed by atoms with Gasteiger partial charge in [0.2, 0.25) is 0 Å². The van der Waals surface area contributed by atoms with E-state index in [4.69, 9.17) is 0 Å². The summed E-state index contributed by atoms with van der Waals surface area (Å²) in [6, 6.07) is 5.29. The summed E-state index contributed by atoms with van der Waals surface area (Å²) in [5.41, 5.74) is -0.370. The molecule has 0 saturated heterocycles. The Morgan fingerprint density at radius 3 is 2.44 bits per heavy atom. The van der Waals surface area contributed by atoms with Gasteiger partial charge in [0.25, 0.3) is 0 Å². The standard InChI is InChI=1S/C23H27F4N3OS/c1-14(2)32(31)29-11-15-12-30(13-22(3,4)5)20-10-18(19(24)9-17(15)20)16-7-6-8-28-21(16)23(25,26)27/h6-10,12,14,29H,11,13H2,1-5H3. The van der Waals surface area contributed by atoms with Crippen LogP contribution in [0.5, 0.6) is 0 Å². The summed E-state index contributed by atoms with van der Waals surface area (Å²) in [7, 11) is -1.26. The van der Waals surface area contributed by atoms with Crippen LogP contribution in [0.4, 0.5) is 17.6 Å². The molecule has 1 aromatic carbocycles. The molecule has 0 aliphatic heterocycles. The first-order chi connectivity index (χ1) is 14.8. The van der Waals surface area contributed by atoms with Crippen LogP contribution in [0.25, 0.3) is 22.0 Å². The predicted molar refractivity (Wildman–Crippen MR) is 120 cm³/mol. The van der Waals surface area contributed by atoms with Crippen molar-refractivity contribution in [2.45, 2.75) is 59.1 Å². The topological polar surface area (TPSA) is 46.9 Å². The van der Waals surface area contributed by atoms with E-state index in [1.54, 1.807) is 0 Å². The van der Waals surface area contributed by atoms with Crippen LogP contribution < -0.4 is 4.72 Å². The number of alkyl halides is 3. The van der Waals surface area contributed by atoms with Gasteiger partial charge in [0.05, 0.1) is 11.0 Å². The number of halogens is 4. The number of nitrogens with zero attached hydrogens (tertiary/aromatic N) is 2. The highest BCUT2D eigenvalue weighted by atomic mass is 32.2. The Morgan fingerprint density at radius 1 is 1.16 bits per heavy atom. The molecule has 32 heavy (non-hydrogen) atoms. The Bertz CT molecular complexity index is 1150. The molecule has 2 heterocycles. The van der Waals surface area contributed by atoms with Crippen molar-refractivity contribution in [1.29, 1.82) is 0 Å². The molecule has 2 aromatic heterocycles. The monoisotopic (exact) mass is 469 g/mol. The average Bonchev–Trinajstić information content (AvgIpc) is 2.99. The van der Waals surface area contributed by atoms with Gasteiger partial charge in [-0.1, -0.05) is 26.8 Å². The van der Waals surface area contributed by atoms with Crippen LogP contribution in [0.3, 0.4) is 0 Å². The maximum Gasteiger partial charge on any atom is 0.433 e. The van der Waals surface area contributed by atoms with Crippen LogP contribution in [0.15, 0.2) is 36.7 Å². The maximum atomic E-state index is 15.1. The molecule has 0 fully saturated rings. The molecule has 1 atom stereocenters. The van der Waals surface area contributed by atoms with Crippen molar-refractivity contribution in [3.63, 3.8) is 0 Å². The van der Waals surface area contributed by atoms with E-state index in [-0.39, 0.29) is 28.3 Å². The fourth-order valence-electron chi connectivity index (χ4n) is 3.54. The molecule has 0 amide bonds. The third kappa shape index (κ3) is 5.38. The van der Waals surface area contributed by atoms with Gasteiger partial charge in [0, 0.05) is 52.8 Å². The molecule has 0 aliphatic carbocycles. The number of nitrogens with one attached hydrogen (secondary N) is 1. The predicted octanol–water partition coefficient (Wildman–Crippen LogP) is 6.07. The largest absolute Gasteiger partial charge is 0.433 e. The number of aromatic nitrogens is 2. The SMILES string of the molecule is CC(C)S(=O)NCc1cn(CC(C)(C)C)c2cc(-c3cccnc3C(F)(F)F)c(F)cc12. The third-order valence-corrected chi connectivity index (χ3v) is 6.18. The molecule has 3 rings (SSSR count). The molecule has 0 bridgehead atoms. The van der Waals surface area contributed by atoms with Gasteiger partial charge in [-0.05, 0) is 43.0 Å². The van der Waals surface area contributed by atoms with E-state index in [0.717, 1.165) is 11.8 Å². The summed E-state index contributed by atoms with van der Waals surface area (Å²) >= 11 is 0. The highest BCUT2D eigenvalue weighted by Crippen LogP contribution is 2.38. The zero-order valence-corrected chi connectivity index (χ0v) is 19.5. The van der Waals surface area contributed by atoms with Crippen LogP contribution in [-0.4, -0.2) is 19.0 Å². The van der Waals surface area contributed by atoms with Crippen molar-refractivity contribution in [3.05, 3.63) is 53.7 Å². The van der Waals surface area contributed by atoms with E-state index >= 15 is 4.39 Å². The summed E-state index contributed by atoms with van der Waals surface area (Å²) in [5.74, 6) is -0.768. The zero-order valence-electron chi connectivity index (χ0n) is 18.7. The van der Waals surface area contributed by atoms with Gasteiger partial charge in [-0.3, -0.25) is 4.98 Å². The highest BCUT2D eigenvalue weighted by molar-refractivity contribution is 7.83. The molecule has 0 aliphatic rings. The second-order valence-electron chi connectivity index (χ2n) is 9.26. The van der Waals surface area contributed by atoms with Crippen molar-refractivity contribution in [1.82, 2.24) is 14.3 Å². The zero-order chi connectivity index (χ0) is 23.8. The third-order valence-electron chi connectivity index (χ3n) is 4.90. The lowest BCUT2D eigenvalue weighted by Crippen LogP contribution is -2.23. The van der Waals surface area contributed by atoms with Gasteiger partial charge in [-0.25, -0.2) is 13.3 Å². The van der Waals surface area contributed by atoms with Crippen molar-refractivity contribution in [3.8, 4) is 11.1 Å². The van der Waals surface area contributed by atoms with E-state index in [9.17, 15) is 17.4 Å². The Balaban J connectivity index is 2.18. The number of pyridine rings is 1. The molecule has 9 heteroatoms. The van der Waals surface area contributed by atoms with Gasteiger partial charge in [0.15, 0.2) is 5.69 Å². The Morgan fingerprint density at radius 2 is 1.84 bits per heavy atom. The number of fused-ring (bicyclic) bond motifs is 1. The van der Waals surface area contributed by atoms with Gasteiger partial charge >= 0.3 is 6.18 Å². The van der Waals surface area contributed by atoms with Crippen LogP contribution in [-0.2, 0) is 30.3 Å². The average molecular weight is 470 g/mol. The van der Waals surface area contributed by atoms with Crippen LogP contribution in [0.2, 0.25) is 0 Å². The highest BCUT2D eigenvalue weighted by Gasteiger charge is 2.36. The minimum atomic E-state index is -4.71. The van der Waals surface area contributed by atoms with E-state index in [1.165, 1.54) is 24.3 Å². The molecular formula is C23H27F4N3OS. The maximum absolute atomic E-state index is 15.1. The van der Waals surface area contributed by atoms with Gasteiger partial charge < -0.3 is 4.57 Å². The van der Waals surface area contributed by atoms with E-state index in [0.29, 0.717) is 17.4 Å². The Hall–Kier alpha value is -2.26. The van der Waals surface area contributed by atoms with Crippen molar-refractivity contribution in [2.75, 3.05) is 0 Å². The normalized spacial score (nSPS) is 13.8. The van der Waals surface area contributed by atoms with Crippen molar-refractivity contribution < 1.29 is 21.8 Å². The fourth-order valence-corrected chi connectivity index (χ4v) is 4.17. The number of hydrogen-bond donors (Lipinski definition) is 1. The minimum absolute atomic E-state index is 0.0902. The van der Waals surface area contributed by atoms with E-state index in [1.807, 2.05) is 45.4 Å².